The number of hydrogen-bond donors (Lipinski definition) is 1. The second-order valence-corrected chi connectivity index (χ2v) is 5.79. The summed E-state index contributed by atoms with van der Waals surface area (Å²) in [6, 6.07) is 0. The molecule has 1 fully saturated rings. The summed E-state index contributed by atoms with van der Waals surface area (Å²) in [5, 5.41) is 10.5. The van der Waals surface area contributed by atoms with E-state index in [4.69, 9.17) is 0 Å². The van der Waals surface area contributed by atoms with E-state index in [1.54, 1.807) is 0 Å². The van der Waals surface area contributed by atoms with E-state index in [9.17, 15) is 5.11 Å². The summed E-state index contributed by atoms with van der Waals surface area (Å²) in [4.78, 5) is 0. The van der Waals surface area contributed by atoms with Crippen LogP contribution in [0.5, 0.6) is 0 Å². The van der Waals surface area contributed by atoms with Gasteiger partial charge in [0.15, 0.2) is 0 Å². The number of aliphatic hydroxyl groups is 1. The fourth-order valence-corrected chi connectivity index (χ4v) is 3.21. The van der Waals surface area contributed by atoms with Gasteiger partial charge in [0, 0.05) is 0 Å². The molecule has 1 N–H and O–H groups in total. The first kappa shape index (κ1) is 11.9. The summed E-state index contributed by atoms with van der Waals surface area (Å²) in [5.74, 6) is 0.555. The zero-order chi connectivity index (χ0) is 11.6. The summed E-state index contributed by atoms with van der Waals surface area (Å²) in [6.45, 7) is 4.30. The standard InChI is InChI=1S/C15H24O/c1-12(2)5-3-6-13-8-9-14-7-4-10-15(14,16)11-13/h5,8,14,16H,3-4,6-7,9-11H2,1-2H3/t14-,15-/m0/s1. The molecule has 2 atom stereocenters. The first-order chi connectivity index (χ1) is 7.60. The van der Waals surface area contributed by atoms with Gasteiger partial charge in [0.25, 0.3) is 0 Å². The molecular formula is C15H24O. The third-order valence-electron chi connectivity index (χ3n) is 4.16. The molecule has 90 valence electrons. The van der Waals surface area contributed by atoms with Gasteiger partial charge in [-0.3, -0.25) is 0 Å². The van der Waals surface area contributed by atoms with Gasteiger partial charge in [-0.25, -0.2) is 0 Å². The maximum atomic E-state index is 10.5. The highest BCUT2D eigenvalue weighted by Gasteiger charge is 2.42. The third-order valence-corrected chi connectivity index (χ3v) is 4.16. The molecular weight excluding hydrogens is 196 g/mol. The minimum atomic E-state index is -0.338. The van der Waals surface area contributed by atoms with E-state index in [1.165, 1.54) is 24.0 Å². The number of fused-ring (bicyclic) bond motifs is 1. The van der Waals surface area contributed by atoms with Gasteiger partial charge >= 0.3 is 0 Å². The SMILES string of the molecule is CC(C)=CCCC1=CC[C@@H]2CCC[C@]2(O)C1. The van der Waals surface area contributed by atoms with E-state index < -0.39 is 0 Å². The Morgan fingerprint density at radius 2 is 2.38 bits per heavy atom. The van der Waals surface area contributed by atoms with Crippen molar-refractivity contribution in [3.05, 3.63) is 23.3 Å². The minimum Gasteiger partial charge on any atom is -0.389 e. The van der Waals surface area contributed by atoms with E-state index in [0.29, 0.717) is 5.92 Å². The molecule has 0 aromatic rings. The normalized spacial score (nSPS) is 33.2. The highest BCUT2D eigenvalue weighted by Crippen LogP contribution is 2.45. The smallest absolute Gasteiger partial charge is 0.0715 e. The van der Waals surface area contributed by atoms with Crippen molar-refractivity contribution in [2.75, 3.05) is 0 Å². The van der Waals surface area contributed by atoms with Crippen LogP contribution < -0.4 is 0 Å². The lowest BCUT2D eigenvalue weighted by atomic mass is 9.77. The first-order valence-corrected chi connectivity index (χ1v) is 6.64. The molecule has 0 spiro atoms. The lowest BCUT2D eigenvalue weighted by Gasteiger charge is -2.34. The summed E-state index contributed by atoms with van der Waals surface area (Å²) < 4.78 is 0. The maximum Gasteiger partial charge on any atom is 0.0715 e. The Kier molecular flexibility index (Phi) is 3.53. The van der Waals surface area contributed by atoms with Gasteiger partial charge in [-0.1, -0.05) is 29.7 Å². The molecule has 1 heteroatoms. The molecule has 0 radical (unpaired) electrons. The topological polar surface area (TPSA) is 20.2 Å². The molecule has 0 amide bonds. The molecule has 2 aliphatic carbocycles. The predicted molar refractivity (Wildman–Crippen MR) is 68.3 cm³/mol. The van der Waals surface area contributed by atoms with Crippen molar-refractivity contribution in [3.8, 4) is 0 Å². The molecule has 0 saturated heterocycles. The average molecular weight is 220 g/mol. The lowest BCUT2D eigenvalue weighted by Crippen LogP contribution is -2.35. The Labute approximate surface area is 99.3 Å². The van der Waals surface area contributed by atoms with Crippen LogP contribution in [0.1, 0.15) is 58.8 Å². The van der Waals surface area contributed by atoms with Crippen LogP contribution in [0.15, 0.2) is 23.3 Å². The number of rotatable bonds is 3. The van der Waals surface area contributed by atoms with Crippen molar-refractivity contribution >= 4 is 0 Å². The fourth-order valence-electron chi connectivity index (χ4n) is 3.21. The summed E-state index contributed by atoms with van der Waals surface area (Å²) in [5.41, 5.74) is 2.54. The fraction of sp³-hybridized carbons (Fsp3) is 0.733. The molecule has 1 nitrogen and oxygen atoms in total. The van der Waals surface area contributed by atoms with Crippen LogP contribution in [-0.2, 0) is 0 Å². The molecule has 0 aromatic carbocycles. The Hall–Kier alpha value is -0.560. The van der Waals surface area contributed by atoms with E-state index in [1.807, 2.05) is 0 Å². The molecule has 1 saturated carbocycles. The van der Waals surface area contributed by atoms with Crippen LogP contribution in [-0.4, -0.2) is 10.7 Å². The Morgan fingerprint density at radius 3 is 3.12 bits per heavy atom. The van der Waals surface area contributed by atoms with E-state index in [-0.39, 0.29) is 5.60 Å². The average Bonchev–Trinajstić information content (AvgIpc) is 2.57. The van der Waals surface area contributed by atoms with Crippen LogP contribution in [0.4, 0.5) is 0 Å². The predicted octanol–water partition coefficient (Wildman–Crippen LogP) is 3.98. The maximum absolute atomic E-state index is 10.5. The van der Waals surface area contributed by atoms with Crippen LogP contribution in [0, 0.1) is 5.92 Å². The minimum absolute atomic E-state index is 0.338. The zero-order valence-electron chi connectivity index (χ0n) is 10.6. The molecule has 16 heavy (non-hydrogen) atoms. The summed E-state index contributed by atoms with van der Waals surface area (Å²) in [6.07, 6.45) is 12.5. The van der Waals surface area contributed by atoms with E-state index in [2.05, 4.69) is 26.0 Å². The van der Waals surface area contributed by atoms with Crippen molar-refractivity contribution in [2.45, 2.75) is 64.4 Å². The van der Waals surface area contributed by atoms with E-state index >= 15 is 0 Å². The highest BCUT2D eigenvalue weighted by molar-refractivity contribution is 5.16. The number of hydrogen-bond acceptors (Lipinski definition) is 1. The van der Waals surface area contributed by atoms with Crippen molar-refractivity contribution < 1.29 is 5.11 Å². The highest BCUT2D eigenvalue weighted by atomic mass is 16.3. The second-order valence-electron chi connectivity index (χ2n) is 5.79. The van der Waals surface area contributed by atoms with Crippen molar-refractivity contribution in [1.29, 1.82) is 0 Å². The van der Waals surface area contributed by atoms with Gasteiger partial charge in [-0.2, -0.15) is 0 Å². The monoisotopic (exact) mass is 220 g/mol. The third kappa shape index (κ3) is 2.57. The molecule has 0 unspecified atom stereocenters. The molecule has 0 bridgehead atoms. The summed E-state index contributed by atoms with van der Waals surface area (Å²) in [7, 11) is 0. The van der Waals surface area contributed by atoms with Gasteiger partial charge in [-0.15, -0.1) is 0 Å². The van der Waals surface area contributed by atoms with Gasteiger partial charge in [0.2, 0.25) is 0 Å². The van der Waals surface area contributed by atoms with Crippen LogP contribution in [0.3, 0.4) is 0 Å². The molecule has 0 aromatic heterocycles. The number of allylic oxidation sites excluding steroid dienone is 3. The van der Waals surface area contributed by atoms with Crippen molar-refractivity contribution in [2.24, 2.45) is 5.92 Å². The van der Waals surface area contributed by atoms with Crippen LogP contribution in [0.2, 0.25) is 0 Å². The van der Waals surface area contributed by atoms with Crippen LogP contribution in [0.25, 0.3) is 0 Å². The molecule has 0 aliphatic heterocycles. The zero-order valence-corrected chi connectivity index (χ0v) is 10.6. The summed E-state index contributed by atoms with van der Waals surface area (Å²) >= 11 is 0. The van der Waals surface area contributed by atoms with Crippen molar-refractivity contribution in [3.63, 3.8) is 0 Å². The second kappa shape index (κ2) is 4.75. The van der Waals surface area contributed by atoms with Gasteiger partial charge in [-0.05, 0) is 58.3 Å². The van der Waals surface area contributed by atoms with Crippen LogP contribution >= 0.6 is 0 Å². The van der Waals surface area contributed by atoms with Crippen molar-refractivity contribution in [1.82, 2.24) is 0 Å². The van der Waals surface area contributed by atoms with Gasteiger partial charge in [0.1, 0.15) is 0 Å². The van der Waals surface area contributed by atoms with Gasteiger partial charge < -0.3 is 5.11 Å². The Bertz CT molecular complexity index is 309. The van der Waals surface area contributed by atoms with E-state index in [0.717, 1.165) is 32.1 Å². The quantitative estimate of drug-likeness (QED) is 0.713. The molecule has 2 rings (SSSR count). The Morgan fingerprint density at radius 1 is 1.56 bits per heavy atom. The molecule has 2 aliphatic rings. The Balaban J connectivity index is 1.91. The van der Waals surface area contributed by atoms with Gasteiger partial charge in [0.05, 0.1) is 5.60 Å². The lowest BCUT2D eigenvalue weighted by molar-refractivity contribution is -0.00203. The first-order valence-electron chi connectivity index (χ1n) is 6.64. The molecule has 0 heterocycles. The largest absolute Gasteiger partial charge is 0.389 e.